The molecule has 0 atom stereocenters. The van der Waals surface area contributed by atoms with Crippen LogP contribution in [0.5, 0.6) is 0 Å². The van der Waals surface area contributed by atoms with Crippen molar-refractivity contribution in [3.63, 3.8) is 0 Å². The van der Waals surface area contributed by atoms with Crippen LogP contribution < -0.4 is 5.32 Å². The van der Waals surface area contributed by atoms with Crippen molar-refractivity contribution in [2.24, 2.45) is 0 Å². The van der Waals surface area contributed by atoms with Gasteiger partial charge in [0.15, 0.2) is 0 Å². The fourth-order valence-corrected chi connectivity index (χ4v) is 2.79. The summed E-state index contributed by atoms with van der Waals surface area (Å²) >= 11 is 0. The molecule has 2 heterocycles. The summed E-state index contributed by atoms with van der Waals surface area (Å²) in [4.78, 5) is 5.11. The van der Waals surface area contributed by atoms with E-state index in [1.54, 1.807) is 0 Å². The maximum atomic E-state index is 5.41. The van der Waals surface area contributed by atoms with Crippen molar-refractivity contribution in [1.29, 1.82) is 0 Å². The fraction of sp³-hybridized carbons (Fsp3) is 1.00. The van der Waals surface area contributed by atoms with E-state index in [0.717, 1.165) is 32.3 Å². The van der Waals surface area contributed by atoms with Crippen LogP contribution in [0.25, 0.3) is 0 Å². The molecule has 0 aromatic rings. The van der Waals surface area contributed by atoms with Gasteiger partial charge in [0.2, 0.25) is 0 Å². The first-order valence-electron chi connectivity index (χ1n) is 7.07. The van der Waals surface area contributed by atoms with Crippen LogP contribution >= 0.6 is 0 Å². The summed E-state index contributed by atoms with van der Waals surface area (Å²) in [5, 5.41) is 3.40. The van der Waals surface area contributed by atoms with Gasteiger partial charge in [0, 0.05) is 45.4 Å². The second-order valence-corrected chi connectivity index (χ2v) is 5.27. The number of piperazine rings is 1. The minimum absolute atomic E-state index is 0.756. The Morgan fingerprint density at radius 1 is 1.24 bits per heavy atom. The summed E-state index contributed by atoms with van der Waals surface area (Å²) in [6.45, 7) is 9.16. The van der Waals surface area contributed by atoms with Crippen LogP contribution in [0.3, 0.4) is 0 Å². The average molecular weight is 241 g/mol. The van der Waals surface area contributed by atoms with E-state index in [2.05, 4.69) is 22.2 Å². The topological polar surface area (TPSA) is 27.7 Å². The van der Waals surface area contributed by atoms with Crippen LogP contribution in [0.4, 0.5) is 0 Å². The van der Waals surface area contributed by atoms with E-state index < -0.39 is 0 Å². The van der Waals surface area contributed by atoms with Gasteiger partial charge in [-0.05, 0) is 39.4 Å². The van der Waals surface area contributed by atoms with E-state index in [1.165, 1.54) is 45.4 Å². The molecule has 100 valence electrons. The van der Waals surface area contributed by atoms with Gasteiger partial charge in [-0.3, -0.25) is 0 Å². The molecule has 4 nitrogen and oxygen atoms in total. The minimum Gasteiger partial charge on any atom is -0.381 e. The molecule has 0 radical (unpaired) electrons. The quantitative estimate of drug-likeness (QED) is 0.754. The Bertz CT molecular complexity index is 201. The molecule has 2 aliphatic heterocycles. The number of rotatable bonds is 5. The molecule has 0 bridgehead atoms. The van der Waals surface area contributed by atoms with Crippen LogP contribution in [-0.4, -0.2) is 75.4 Å². The molecule has 0 saturated carbocycles. The number of hydrogen-bond acceptors (Lipinski definition) is 4. The third-order valence-corrected chi connectivity index (χ3v) is 4.01. The predicted octanol–water partition coefficient (Wildman–Crippen LogP) is 0.393. The van der Waals surface area contributed by atoms with Crippen LogP contribution in [0, 0.1) is 0 Å². The monoisotopic (exact) mass is 241 g/mol. The Labute approximate surface area is 105 Å². The van der Waals surface area contributed by atoms with Gasteiger partial charge in [-0.2, -0.15) is 0 Å². The van der Waals surface area contributed by atoms with E-state index in [0.29, 0.717) is 0 Å². The van der Waals surface area contributed by atoms with Gasteiger partial charge in [-0.15, -0.1) is 0 Å². The zero-order valence-corrected chi connectivity index (χ0v) is 11.2. The maximum absolute atomic E-state index is 5.41. The zero-order valence-electron chi connectivity index (χ0n) is 11.2. The molecule has 0 aliphatic carbocycles. The van der Waals surface area contributed by atoms with Gasteiger partial charge >= 0.3 is 0 Å². The molecule has 0 amide bonds. The average Bonchev–Trinajstić information content (AvgIpc) is 2.41. The Morgan fingerprint density at radius 3 is 2.65 bits per heavy atom. The van der Waals surface area contributed by atoms with Crippen molar-refractivity contribution in [3.8, 4) is 0 Å². The van der Waals surface area contributed by atoms with Crippen LogP contribution in [-0.2, 0) is 4.74 Å². The van der Waals surface area contributed by atoms with E-state index in [-0.39, 0.29) is 0 Å². The van der Waals surface area contributed by atoms with Crippen molar-refractivity contribution < 1.29 is 4.74 Å². The Morgan fingerprint density at radius 2 is 1.94 bits per heavy atom. The number of ether oxygens (including phenoxy) is 1. The van der Waals surface area contributed by atoms with Crippen molar-refractivity contribution >= 4 is 0 Å². The van der Waals surface area contributed by atoms with Gasteiger partial charge in [-0.25, -0.2) is 0 Å². The van der Waals surface area contributed by atoms with Gasteiger partial charge in [0.1, 0.15) is 0 Å². The van der Waals surface area contributed by atoms with E-state index in [4.69, 9.17) is 4.74 Å². The second kappa shape index (κ2) is 7.31. The summed E-state index contributed by atoms with van der Waals surface area (Å²) in [5.74, 6) is 0. The third-order valence-electron chi connectivity index (χ3n) is 4.01. The molecule has 0 aromatic carbocycles. The highest BCUT2D eigenvalue weighted by Crippen LogP contribution is 2.12. The first-order chi connectivity index (χ1) is 8.36. The first kappa shape index (κ1) is 13.3. The number of nitrogens with zero attached hydrogens (tertiary/aromatic N) is 2. The molecule has 0 unspecified atom stereocenters. The lowest BCUT2D eigenvalue weighted by molar-refractivity contribution is 0.0418. The standard InChI is InChI=1S/C13H27N3O/c1-15(13-3-11-17-12-4-13)7-2-8-16-9-5-14-6-10-16/h13-14H,2-12H2,1H3. The maximum Gasteiger partial charge on any atom is 0.0480 e. The minimum atomic E-state index is 0.756. The third kappa shape index (κ3) is 4.54. The summed E-state index contributed by atoms with van der Waals surface area (Å²) < 4.78 is 5.41. The van der Waals surface area contributed by atoms with E-state index >= 15 is 0 Å². The van der Waals surface area contributed by atoms with Crippen LogP contribution in [0.15, 0.2) is 0 Å². The second-order valence-electron chi connectivity index (χ2n) is 5.27. The van der Waals surface area contributed by atoms with Gasteiger partial charge < -0.3 is 19.9 Å². The molecule has 2 rings (SSSR count). The Hall–Kier alpha value is -0.160. The SMILES string of the molecule is CN(CCCN1CCNCC1)C1CCOCC1. The largest absolute Gasteiger partial charge is 0.381 e. The smallest absolute Gasteiger partial charge is 0.0480 e. The predicted molar refractivity (Wildman–Crippen MR) is 70.4 cm³/mol. The number of hydrogen-bond donors (Lipinski definition) is 1. The number of nitrogens with one attached hydrogen (secondary N) is 1. The van der Waals surface area contributed by atoms with Crippen molar-refractivity contribution in [2.45, 2.75) is 25.3 Å². The van der Waals surface area contributed by atoms with Crippen molar-refractivity contribution in [2.75, 3.05) is 59.5 Å². The van der Waals surface area contributed by atoms with E-state index in [1.807, 2.05) is 0 Å². The molecule has 2 saturated heterocycles. The zero-order chi connectivity index (χ0) is 11.9. The van der Waals surface area contributed by atoms with Crippen LogP contribution in [0.2, 0.25) is 0 Å². The summed E-state index contributed by atoms with van der Waals surface area (Å²) in [6, 6.07) is 0.756. The van der Waals surface area contributed by atoms with Crippen LogP contribution in [0.1, 0.15) is 19.3 Å². The highest BCUT2D eigenvalue weighted by Gasteiger charge is 2.18. The Kier molecular flexibility index (Phi) is 5.71. The molecule has 0 aromatic heterocycles. The highest BCUT2D eigenvalue weighted by atomic mass is 16.5. The fourth-order valence-electron chi connectivity index (χ4n) is 2.79. The lowest BCUT2D eigenvalue weighted by Gasteiger charge is -2.32. The summed E-state index contributed by atoms with van der Waals surface area (Å²) in [5.41, 5.74) is 0. The summed E-state index contributed by atoms with van der Waals surface area (Å²) in [7, 11) is 2.27. The van der Waals surface area contributed by atoms with Crippen molar-refractivity contribution in [3.05, 3.63) is 0 Å². The van der Waals surface area contributed by atoms with Crippen molar-refractivity contribution in [1.82, 2.24) is 15.1 Å². The normalized spacial score (nSPS) is 24.4. The molecule has 1 N–H and O–H groups in total. The molecule has 0 spiro atoms. The van der Waals surface area contributed by atoms with E-state index in [9.17, 15) is 0 Å². The lowest BCUT2D eigenvalue weighted by Crippen LogP contribution is -2.44. The molecule has 4 heteroatoms. The molecule has 2 fully saturated rings. The Balaban J connectivity index is 1.57. The molecule has 2 aliphatic rings. The first-order valence-corrected chi connectivity index (χ1v) is 7.07. The summed E-state index contributed by atoms with van der Waals surface area (Å²) in [6.07, 6.45) is 3.72. The highest BCUT2D eigenvalue weighted by molar-refractivity contribution is 4.73. The van der Waals surface area contributed by atoms with Gasteiger partial charge in [0.05, 0.1) is 0 Å². The molecular formula is C13H27N3O. The molecule has 17 heavy (non-hydrogen) atoms. The molecular weight excluding hydrogens is 214 g/mol. The lowest BCUT2D eigenvalue weighted by atomic mass is 10.1. The van der Waals surface area contributed by atoms with Gasteiger partial charge in [0.25, 0.3) is 0 Å². The van der Waals surface area contributed by atoms with Gasteiger partial charge in [-0.1, -0.05) is 0 Å².